The van der Waals surface area contributed by atoms with Crippen LogP contribution in [-0.4, -0.2) is 24.6 Å². The summed E-state index contributed by atoms with van der Waals surface area (Å²) < 4.78 is 10.6. The quantitative estimate of drug-likeness (QED) is 0.155. The molecule has 4 heteroatoms. The van der Waals surface area contributed by atoms with Crippen LogP contribution in [0, 0.1) is 5.92 Å². The van der Waals surface area contributed by atoms with Gasteiger partial charge in [-0.1, -0.05) is 91.4 Å². The maximum Gasteiger partial charge on any atom is 0.306 e. The normalized spacial score (nSPS) is 12.2. The minimum absolute atomic E-state index is 0.0553. The van der Waals surface area contributed by atoms with Gasteiger partial charge < -0.3 is 9.47 Å². The van der Waals surface area contributed by atoms with Gasteiger partial charge in [0, 0.05) is 12.8 Å². The Labute approximate surface area is 180 Å². The predicted molar refractivity (Wildman–Crippen MR) is 121 cm³/mol. The van der Waals surface area contributed by atoms with Crippen molar-refractivity contribution in [3.8, 4) is 0 Å². The highest BCUT2D eigenvalue weighted by molar-refractivity contribution is 5.72. The molecule has 0 amide bonds. The number of rotatable bonds is 20. The van der Waals surface area contributed by atoms with Crippen molar-refractivity contribution in [2.24, 2.45) is 5.92 Å². The molecule has 0 saturated heterocycles. The maximum atomic E-state index is 11.7. The van der Waals surface area contributed by atoms with Gasteiger partial charge in [0.1, 0.15) is 0 Å². The number of esters is 2. The molecular formula is C25H48O4. The lowest BCUT2D eigenvalue weighted by Crippen LogP contribution is -2.17. The zero-order valence-corrected chi connectivity index (χ0v) is 19.8. The van der Waals surface area contributed by atoms with Crippen molar-refractivity contribution in [3.05, 3.63) is 0 Å². The Kier molecular flexibility index (Phi) is 19.5. The molecule has 0 aliphatic rings. The molecule has 0 radical (unpaired) electrons. The maximum absolute atomic E-state index is 11.7. The zero-order valence-electron chi connectivity index (χ0n) is 19.8. The fraction of sp³-hybridized carbons (Fsp3) is 0.920. The van der Waals surface area contributed by atoms with Gasteiger partial charge in [-0.15, -0.1) is 0 Å². The number of ether oxygens (including phenoxy) is 2. The second kappa shape index (κ2) is 20.2. The monoisotopic (exact) mass is 412 g/mol. The lowest BCUT2D eigenvalue weighted by atomic mass is 10.1. The largest absolute Gasteiger partial charge is 0.466 e. The first kappa shape index (κ1) is 27.9. The summed E-state index contributed by atoms with van der Waals surface area (Å²) in [5.74, 6) is 0.0936. The van der Waals surface area contributed by atoms with Gasteiger partial charge in [-0.3, -0.25) is 9.59 Å². The van der Waals surface area contributed by atoms with E-state index in [2.05, 4.69) is 20.8 Å². The average molecular weight is 413 g/mol. The summed E-state index contributed by atoms with van der Waals surface area (Å²) >= 11 is 0. The highest BCUT2D eigenvalue weighted by atomic mass is 16.5. The average Bonchev–Trinajstić information content (AvgIpc) is 2.64. The first-order valence-electron chi connectivity index (χ1n) is 12.3. The lowest BCUT2D eigenvalue weighted by Gasteiger charge is -2.15. The molecule has 0 saturated carbocycles. The molecule has 0 spiro atoms. The highest BCUT2D eigenvalue weighted by Crippen LogP contribution is 2.12. The minimum Gasteiger partial charge on any atom is -0.466 e. The Hall–Kier alpha value is -1.06. The van der Waals surface area contributed by atoms with Crippen molar-refractivity contribution in [1.82, 2.24) is 0 Å². The molecule has 0 aromatic heterocycles. The number of carbonyl (C=O) groups is 2. The van der Waals surface area contributed by atoms with Gasteiger partial charge in [-0.2, -0.15) is 0 Å². The molecule has 0 aromatic carbocycles. The van der Waals surface area contributed by atoms with Gasteiger partial charge in [-0.25, -0.2) is 0 Å². The molecule has 0 heterocycles. The first-order chi connectivity index (χ1) is 14.0. The van der Waals surface area contributed by atoms with Crippen LogP contribution in [0.1, 0.15) is 130 Å². The standard InChI is InChI=1S/C25H48O4/c1-5-6-7-8-9-10-11-12-13-14-15-16-20-28-24(26)18-17-19-25(27)29-23(4)21-22(2)3/h22-23H,5-21H2,1-4H3. The third-order valence-electron chi connectivity index (χ3n) is 5.16. The Morgan fingerprint density at radius 1 is 0.655 bits per heavy atom. The van der Waals surface area contributed by atoms with Gasteiger partial charge in [0.2, 0.25) is 0 Å². The number of unbranched alkanes of at least 4 members (excludes halogenated alkanes) is 11. The molecule has 0 fully saturated rings. The van der Waals surface area contributed by atoms with Crippen molar-refractivity contribution in [3.63, 3.8) is 0 Å². The number of carbonyl (C=O) groups excluding carboxylic acids is 2. The highest BCUT2D eigenvalue weighted by Gasteiger charge is 2.12. The molecule has 29 heavy (non-hydrogen) atoms. The molecule has 0 bridgehead atoms. The van der Waals surface area contributed by atoms with E-state index in [-0.39, 0.29) is 24.5 Å². The van der Waals surface area contributed by atoms with Crippen molar-refractivity contribution in [1.29, 1.82) is 0 Å². The van der Waals surface area contributed by atoms with Gasteiger partial charge in [-0.05, 0) is 32.1 Å². The van der Waals surface area contributed by atoms with Crippen LogP contribution >= 0.6 is 0 Å². The Morgan fingerprint density at radius 2 is 1.14 bits per heavy atom. The van der Waals surface area contributed by atoms with Crippen LogP contribution in [-0.2, 0) is 19.1 Å². The van der Waals surface area contributed by atoms with E-state index in [0.29, 0.717) is 25.4 Å². The first-order valence-corrected chi connectivity index (χ1v) is 12.3. The second-order valence-electron chi connectivity index (χ2n) is 8.89. The second-order valence-corrected chi connectivity index (χ2v) is 8.89. The van der Waals surface area contributed by atoms with E-state index in [1.54, 1.807) is 0 Å². The minimum atomic E-state index is -0.216. The van der Waals surface area contributed by atoms with Crippen LogP contribution in [0.25, 0.3) is 0 Å². The lowest BCUT2D eigenvalue weighted by molar-refractivity contribution is -0.149. The smallest absolute Gasteiger partial charge is 0.306 e. The zero-order chi connectivity index (χ0) is 21.7. The Balaban J connectivity index is 3.36. The SMILES string of the molecule is CCCCCCCCCCCCCCOC(=O)CCCC(=O)OC(C)CC(C)C. The number of hydrogen-bond acceptors (Lipinski definition) is 4. The van der Waals surface area contributed by atoms with E-state index in [1.165, 1.54) is 64.2 Å². The molecule has 0 N–H and O–H groups in total. The van der Waals surface area contributed by atoms with Crippen LogP contribution in [0.15, 0.2) is 0 Å². The van der Waals surface area contributed by atoms with Crippen molar-refractivity contribution in [2.45, 2.75) is 137 Å². The molecule has 0 aliphatic heterocycles. The number of hydrogen-bond donors (Lipinski definition) is 0. The summed E-state index contributed by atoms with van der Waals surface area (Å²) in [7, 11) is 0. The van der Waals surface area contributed by atoms with Crippen molar-refractivity contribution >= 4 is 11.9 Å². The summed E-state index contributed by atoms with van der Waals surface area (Å²) in [6, 6.07) is 0. The fourth-order valence-electron chi connectivity index (χ4n) is 3.57. The van der Waals surface area contributed by atoms with E-state index >= 15 is 0 Å². The van der Waals surface area contributed by atoms with Crippen LogP contribution in [0.5, 0.6) is 0 Å². The molecule has 1 atom stereocenters. The summed E-state index contributed by atoms with van der Waals surface area (Å²) in [4.78, 5) is 23.4. The van der Waals surface area contributed by atoms with E-state index in [0.717, 1.165) is 19.3 Å². The topological polar surface area (TPSA) is 52.6 Å². The van der Waals surface area contributed by atoms with Crippen LogP contribution < -0.4 is 0 Å². The summed E-state index contributed by atoms with van der Waals surface area (Å²) in [5, 5.41) is 0. The van der Waals surface area contributed by atoms with Crippen molar-refractivity contribution in [2.75, 3.05) is 6.61 Å². The fourth-order valence-corrected chi connectivity index (χ4v) is 3.57. The summed E-state index contributed by atoms with van der Waals surface area (Å²) in [6.45, 7) is 8.90. The molecule has 0 aromatic rings. The van der Waals surface area contributed by atoms with Crippen molar-refractivity contribution < 1.29 is 19.1 Å². The molecular weight excluding hydrogens is 364 g/mol. The third-order valence-corrected chi connectivity index (χ3v) is 5.16. The van der Waals surface area contributed by atoms with Crippen LogP contribution in [0.2, 0.25) is 0 Å². The third kappa shape index (κ3) is 21.5. The van der Waals surface area contributed by atoms with E-state index in [9.17, 15) is 9.59 Å². The Bertz CT molecular complexity index is 392. The van der Waals surface area contributed by atoms with Gasteiger partial charge in [0.15, 0.2) is 0 Å². The van der Waals surface area contributed by atoms with Crippen LogP contribution in [0.3, 0.4) is 0 Å². The molecule has 172 valence electrons. The van der Waals surface area contributed by atoms with E-state index in [4.69, 9.17) is 9.47 Å². The van der Waals surface area contributed by atoms with E-state index in [1.807, 2.05) is 6.92 Å². The molecule has 4 nitrogen and oxygen atoms in total. The predicted octanol–water partition coefficient (Wildman–Crippen LogP) is 7.38. The van der Waals surface area contributed by atoms with Gasteiger partial charge >= 0.3 is 11.9 Å². The Morgan fingerprint density at radius 3 is 1.66 bits per heavy atom. The molecule has 1 unspecified atom stereocenters. The summed E-state index contributed by atoms with van der Waals surface area (Å²) in [5.41, 5.74) is 0. The van der Waals surface area contributed by atoms with Gasteiger partial charge in [0.05, 0.1) is 12.7 Å². The van der Waals surface area contributed by atoms with Gasteiger partial charge in [0.25, 0.3) is 0 Å². The molecule has 0 rings (SSSR count). The van der Waals surface area contributed by atoms with Crippen LogP contribution in [0.4, 0.5) is 0 Å². The summed E-state index contributed by atoms with van der Waals surface area (Å²) in [6.07, 6.45) is 17.5. The molecule has 0 aliphatic carbocycles. The van der Waals surface area contributed by atoms with E-state index < -0.39 is 0 Å².